The van der Waals surface area contributed by atoms with Crippen molar-refractivity contribution in [2.75, 3.05) is 21.2 Å². The first-order valence-electron chi connectivity index (χ1n) is 11.5. The zero-order chi connectivity index (χ0) is 24.8. The van der Waals surface area contributed by atoms with Gasteiger partial charge in [0.2, 0.25) is 5.91 Å². The summed E-state index contributed by atoms with van der Waals surface area (Å²) in [4.78, 5) is 28.3. The Labute approximate surface area is 205 Å². The summed E-state index contributed by atoms with van der Waals surface area (Å²) >= 11 is 0. The molecule has 2 aliphatic rings. The van der Waals surface area contributed by atoms with Crippen LogP contribution in [0.5, 0.6) is 17.2 Å². The number of benzene rings is 3. The number of rotatable bonds is 5. The number of nitrogens with zero attached hydrogens (tertiary/aromatic N) is 1. The third kappa shape index (κ3) is 6.19. The maximum absolute atomic E-state index is 13.3. The lowest BCUT2D eigenvalue weighted by Crippen LogP contribution is -2.51. The lowest BCUT2D eigenvalue weighted by atomic mass is 10.0. The van der Waals surface area contributed by atoms with E-state index < -0.39 is 18.1 Å². The molecule has 5 rings (SSSR count). The molecule has 0 aromatic heterocycles. The Kier molecular flexibility index (Phi) is 7.67. The van der Waals surface area contributed by atoms with Crippen LogP contribution in [0.25, 0.3) is 0 Å². The fraction of sp³-hybridized carbons (Fsp3) is 0.286. The van der Waals surface area contributed by atoms with Gasteiger partial charge in [0.05, 0.1) is 13.2 Å². The van der Waals surface area contributed by atoms with Gasteiger partial charge in [0.25, 0.3) is 0 Å². The van der Waals surface area contributed by atoms with Crippen molar-refractivity contribution in [1.29, 1.82) is 0 Å². The summed E-state index contributed by atoms with van der Waals surface area (Å²) in [6, 6.07) is 21.2. The van der Waals surface area contributed by atoms with Crippen LogP contribution in [0.15, 0.2) is 72.8 Å². The highest BCUT2D eigenvalue weighted by Crippen LogP contribution is 2.33. The van der Waals surface area contributed by atoms with E-state index in [2.05, 4.69) is 5.32 Å². The highest BCUT2D eigenvalue weighted by atomic mass is 16.5. The van der Waals surface area contributed by atoms with E-state index in [0.29, 0.717) is 23.7 Å². The zero-order valence-corrected chi connectivity index (χ0v) is 20.2. The molecule has 182 valence electrons. The number of likely N-dealkylation sites (N-methyl/N-ethyl adjacent to an activating group) is 1. The molecule has 7 nitrogen and oxygen atoms in total. The maximum atomic E-state index is 13.3. The van der Waals surface area contributed by atoms with E-state index in [0.717, 1.165) is 16.7 Å². The Bertz CT molecular complexity index is 1160. The average molecular weight is 475 g/mol. The van der Waals surface area contributed by atoms with Gasteiger partial charge in [-0.25, -0.2) is 4.79 Å². The highest BCUT2D eigenvalue weighted by molar-refractivity contribution is 5.88. The highest BCUT2D eigenvalue weighted by Gasteiger charge is 2.29. The molecule has 0 saturated heterocycles. The molecular formula is C28H30N2O5. The number of hydrogen-bond donors (Lipinski definition) is 1. The molecule has 2 aliphatic heterocycles. The Morgan fingerprint density at radius 2 is 1.71 bits per heavy atom. The molecule has 4 bridgehead atoms. The van der Waals surface area contributed by atoms with Crippen LogP contribution < -0.4 is 14.8 Å². The van der Waals surface area contributed by atoms with E-state index in [4.69, 9.17) is 14.2 Å². The van der Waals surface area contributed by atoms with E-state index >= 15 is 0 Å². The Balaban J connectivity index is 1.66. The van der Waals surface area contributed by atoms with E-state index in [9.17, 15) is 9.59 Å². The van der Waals surface area contributed by atoms with Crippen molar-refractivity contribution in [2.45, 2.75) is 31.5 Å². The molecule has 1 amide bonds. The maximum Gasteiger partial charge on any atom is 0.329 e. The van der Waals surface area contributed by atoms with Crippen LogP contribution in [0, 0.1) is 0 Å². The van der Waals surface area contributed by atoms with E-state index in [-0.39, 0.29) is 18.9 Å². The van der Waals surface area contributed by atoms with Crippen LogP contribution in [0.4, 0.5) is 0 Å². The van der Waals surface area contributed by atoms with Gasteiger partial charge >= 0.3 is 5.97 Å². The predicted octanol–water partition coefficient (Wildman–Crippen LogP) is 3.74. The second-order valence-electron chi connectivity index (χ2n) is 8.77. The molecule has 3 aromatic rings. The number of amides is 1. The van der Waals surface area contributed by atoms with Crippen molar-refractivity contribution in [3.8, 4) is 17.2 Å². The summed E-state index contributed by atoms with van der Waals surface area (Å²) in [7, 11) is 5.28. The van der Waals surface area contributed by atoms with Crippen molar-refractivity contribution in [3.63, 3.8) is 0 Å². The van der Waals surface area contributed by atoms with Gasteiger partial charge in [0, 0.05) is 6.42 Å². The number of carbonyl (C=O) groups excluding carboxylic acids is 2. The lowest BCUT2D eigenvalue weighted by Gasteiger charge is -2.27. The zero-order valence-electron chi connectivity index (χ0n) is 20.2. The number of hydrogen-bond acceptors (Lipinski definition) is 6. The van der Waals surface area contributed by atoms with Crippen LogP contribution in [-0.4, -0.2) is 50.1 Å². The Morgan fingerprint density at radius 3 is 2.40 bits per heavy atom. The van der Waals surface area contributed by atoms with Crippen molar-refractivity contribution >= 4 is 11.9 Å². The molecule has 0 radical (unpaired) electrons. The van der Waals surface area contributed by atoms with Gasteiger partial charge in [-0.3, -0.25) is 9.69 Å². The monoisotopic (exact) mass is 474 g/mol. The summed E-state index contributed by atoms with van der Waals surface area (Å²) < 4.78 is 17.1. The van der Waals surface area contributed by atoms with Gasteiger partial charge < -0.3 is 19.5 Å². The molecule has 2 heterocycles. The van der Waals surface area contributed by atoms with Crippen LogP contribution in [0.2, 0.25) is 0 Å². The van der Waals surface area contributed by atoms with Gasteiger partial charge in [-0.2, -0.15) is 0 Å². The second kappa shape index (κ2) is 11.1. The van der Waals surface area contributed by atoms with E-state index in [1.165, 1.54) is 0 Å². The van der Waals surface area contributed by atoms with Gasteiger partial charge in [0.1, 0.15) is 18.4 Å². The van der Waals surface area contributed by atoms with Gasteiger partial charge in [0.15, 0.2) is 11.5 Å². The van der Waals surface area contributed by atoms with Crippen LogP contribution >= 0.6 is 0 Å². The van der Waals surface area contributed by atoms with Crippen LogP contribution in [0.3, 0.4) is 0 Å². The number of carbonyl (C=O) groups is 2. The lowest BCUT2D eigenvalue weighted by molar-refractivity contribution is -0.149. The van der Waals surface area contributed by atoms with Crippen LogP contribution in [0.1, 0.15) is 16.7 Å². The molecule has 2 unspecified atom stereocenters. The third-order valence-corrected chi connectivity index (χ3v) is 6.00. The number of methoxy groups -OCH3 is 1. The van der Waals surface area contributed by atoms with E-state index in [1.54, 1.807) is 13.2 Å². The van der Waals surface area contributed by atoms with Gasteiger partial charge in [-0.05, 0) is 61.5 Å². The first kappa shape index (κ1) is 24.3. The molecule has 1 N–H and O–H groups in total. The molecule has 0 spiro atoms. The van der Waals surface area contributed by atoms with Crippen molar-refractivity contribution in [1.82, 2.24) is 10.2 Å². The number of fused-ring (bicyclic) bond motifs is 7. The Hall–Kier alpha value is -3.84. The van der Waals surface area contributed by atoms with Gasteiger partial charge in [-0.1, -0.05) is 48.5 Å². The summed E-state index contributed by atoms with van der Waals surface area (Å²) in [5.74, 6) is 1.04. The molecule has 0 aliphatic carbocycles. The second-order valence-corrected chi connectivity index (χ2v) is 8.77. The molecule has 0 saturated carbocycles. The minimum atomic E-state index is -0.862. The molecule has 7 heteroatoms. The quantitative estimate of drug-likeness (QED) is 0.568. The fourth-order valence-corrected chi connectivity index (χ4v) is 4.01. The topological polar surface area (TPSA) is 77.1 Å². The normalized spacial score (nSPS) is 17.8. The number of esters is 1. The third-order valence-electron chi connectivity index (χ3n) is 6.00. The molecular weight excluding hydrogens is 444 g/mol. The van der Waals surface area contributed by atoms with Crippen molar-refractivity contribution < 1.29 is 23.8 Å². The minimum absolute atomic E-state index is 0.131. The summed E-state index contributed by atoms with van der Waals surface area (Å²) in [6.07, 6.45) is 0.733. The van der Waals surface area contributed by atoms with Crippen molar-refractivity contribution in [2.24, 2.45) is 0 Å². The largest absolute Gasteiger partial charge is 0.493 e. The average Bonchev–Trinajstić information content (AvgIpc) is 2.86. The van der Waals surface area contributed by atoms with Crippen LogP contribution in [-0.2, 0) is 33.8 Å². The fourth-order valence-electron chi connectivity index (χ4n) is 4.01. The minimum Gasteiger partial charge on any atom is -0.493 e. The number of ether oxygens (including phenoxy) is 3. The molecule has 35 heavy (non-hydrogen) atoms. The molecule has 2 atom stereocenters. The Morgan fingerprint density at radius 1 is 1.00 bits per heavy atom. The summed E-state index contributed by atoms with van der Waals surface area (Å²) in [6.45, 7) is 0.131. The summed E-state index contributed by atoms with van der Waals surface area (Å²) in [5, 5.41) is 2.94. The first-order chi connectivity index (χ1) is 16.9. The first-order valence-corrected chi connectivity index (χ1v) is 11.5. The molecule has 0 fully saturated rings. The standard InChI is InChI=1S/C28H30N2O5/c1-30(2)24-16-19-9-12-22(13-10-19)35-26-17-21(11-14-25(26)33-3)15-23(29-27(24)31)28(32)34-18-20-7-5-4-6-8-20/h4-14,17,23-24H,15-16,18H2,1-3H3,(H,29,31). The van der Waals surface area contributed by atoms with Crippen molar-refractivity contribution in [3.05, 3.63) is 89.5 Å². The summed E-state index contributed by atoms with van der Waals surface area (Å²) in [5.41, 5.74) is 2.66. The molecule has 3 aromatic carbocycles. The predicted molar refractivity (Wildman–Crippen MR) is 133 cm³/mol. The van der Waals surface area contributed by atoms with E-state index in [1.807, 2.05) is 85.7 Å². The van der Waals surface area contributed by atoms with Gasteiger partial charge in [-0.15, -0.1) is 0 Å². The number of nitrogens with one attached hydrogen (secondary N) is 1. The smallest absolute Gasteiger partial charge is 0.329 e. The SMILES string of the molecule is COc1ccc2cc1Oc1ccc(cc1)CC(N(C)C)C(=O)NC(C(=O)OCc1ccccc1)C2.